The topological polar surface area (TPSA) is 57.8 Å². The third-order valence-electron chi connectivity index (χ3n) is 2.23. The van der Waals surface area contributed by atoms with E-state index in [1.807, 2.05) is 11.4 Å². The molecule has 2 aromatic rings. The number of nitrogens with zero attached hydrogens (tertiary/aromatic N) is 1. The van der Waals surface area contributed by atoms with Crippen molar-refractivity contribution in [1.29, 1.82) is 0 Å². The Bertz CT molecular complexity index is 539. The molecule has 3 rings (SSSR count). The van der Waals surface area contributed by atoms with Gasteiger partial charge in [0.2, 0.25) is 0 Å². The van der Waals surface area contributed by atoms with Gasteiger partial charge in [-0.2, -0.15) is 0 Å². The predicted octanol–water partition coefficient (Wildman–Crippen LogP) is 1.96. The number of amides is 1. The van der Waals surface area contributed by atoms with Gasteiger partial charge in [0.25, 0.3) is 5.91 Å². The van der Waals surface area contributed by atoms with Crippen molar-refractivity contribution < 1.29 is 4.79 Å². The quantitative estimate of drug-likeness (QED) is 0.717. The number of nitrogens with one attached hydrogen (secondary N) is 2. The molecule has 4 nitrogen and oxygen atoms in total. The highest BCUT2D eigenvalue weighted by atomic mass is 32.1. The summed E-state index contributed by atoms with van der Waals surface area (Å²) >= 11 is 1.53. The van der Waals surface area contributed by atoms with Crippen LogP contribution in [0.5, 0.6) is 0 Å². The van der Waals surface area contributed by atoms with E-state index < -0.39 is 0 Å². The Morgan fingerprint density at radius 2 is 2.40 bits per heavy atom. The highest BCUT2D eigenvalue weighted by Gasteiger charge is 2.25. The average molecular weight is 217 g/mol. The summed E-state index contributed by atoms with van der Waals surface area (Å²) < 4.78 is 0. The minimum atomic E-state index is -0.0618. The summed E-state index contributed by atoms with van der Waals surface area (Å²) in [6, 6.07) is 1.94. The van der Waals surface area contributed by atoms with Crippen LogP contribution >= 0.6 is 11.3 Å². The van der Waals surface area contributed by atoms with Crippen LogP contribution in [-0.4, -0.2) is 15.9 Å². The van der Waals surface area contributed by atoms with E-state index in [2.05, 4.69) is 15.3 Å². The molecule has 0 fully saturated rings. The van der Waals surface area contributed by atoms with Gasteiger partial charge in [0.1, 0.15) is 10.8 Å². The van der Waals surface area contributed by atoms with Crippen LogP contribution in [0.2, 0.25) is 0 Å². The lowest BCUT2D eigenvalue weighted by Gasteiger charge is -1.92. The zero-order valence-electron chi connectivity index (χ0n) is 7.65. The van der Waals surface area contributed by atoms with E-state index in [-0.39, 0.29) is 5.91 Å². The van der Waals surface area contributed by atoms with Gasteiger partial charge in [-0.1, -0.05) is 0 Å². The summed E-state index contributed by atoms with van der Waals surface area (Å²) in [5, 5.41) is 5.68. The highest BCUT2D eigenvalue weighted by Crippen LogP contribution is 2.36. The number of imidazole rings is 1. The van der Waals surface area contributed by atoms with Crippen molar-refractivity contribution in [3.8, 4) is 0 Å². The number of aromatic amines is 1. The fourth-order valence-corrected chi connectivity index (χ4v) is 2.34. The maximum Gasteiger partial charge on any atom is 0.257 e. The number of hydrogen-bond acceptors (Lipinski definition) is 3. The van der Waals surface area contributed by atoms with E-state index >= 15 is 0 Å². The summed E-state index contributed by atoms with van der Waals surface area (Å²) in [4.78, 5) is 18.6. The van der Waals surface area contributed by atoms with Crippen molar-refractivity contribution in [3.05, 3.63) is 35.2 Å². The summed E-state index contributed by atoms with van der Waals surface area (Å²) in [5.41, 5.74) is 1.63. The van der Waals surface area contributed by atoms with Crippen molar-refractivity contribution in [3.63, 3.8) is 0 Å². The van der Waals surface area contributed by atoms with Crippen LogP contribution in [0, 0.1) is 0 Å². The molecule has 0 radical (unpaired) electrons. The second-order valence-electron chi connectivity index (χ2n) is 3.15. The number of thiophene rings is 1. The highest BCUT2D eigenvalue weighted by molar-refractivity contribution is 7.15. The molecule has 0 saturated carbocycles. The first kappa shape index (κ1) is 8.43. The summed E-state index contributed by atoms with van der Waals surface area (Å²) in [5.74, 6) is 0.632. The molecule has 0 aliphatic carbocycles. The molecule has 2 aromatic heterocycles. The Hall–Kier alpha value is -1.88. The van der Waals surface area contributed by atoms with Crippen molar-refractivity contribution >= 4 is 33.9 Å². The van der Waals surface area contributed by atoms with Gasteiger partial charge in [0.15, 0.2) is 0 Å². The smallest absolute Gasteiger partial charge is 0.257 e. The SMILES string of the molecule is O=C1Nc2sccc2/C1=C\c1ncc[nH]1. The van der Waals surface area contributed by atoms with Gasteiger partial charge in [-0.3, -0.25) is 4.79 Å². The van der Waals surface area contributed by atoms with Crippen LogP contribution < -0.4 is 5.32 Å². The molecule has 1 aliphatic heterocycles. The van der Waals surface area contributed by atoms with Gasteiger partial charge in [-0.05, 0) is 17.5 Å². The van der Waals surface area contributed by atoms with Crippen LogP contribution in [0.15, 0.2) is 23.8 Å². The number of anilines is 1. The minimum absolute atomic E-state index is 0.0618. The molecule has 2 N–H and O–H groups in total. The average Bonchev–Trinajstić information content (AvgIpc) is 2.86. The van der Waals surface area contributed by atoms with Gasteiger partial charge in [0, 0.05) is 18.0 Å². The molecule has 0 spiro atoms. The van der Waals surface area contributed by atoms with Crippen LogP contribution in [0.25, 0.3) is 11.6 Å². The molecule has 1 amide bonds. The van der Waals surface area contributed by atoms with Gasteiger partial charge >= 0.3 is 0 Å². The largest absolute Gasteiger partial charge is 0.345 e. The molecule has 0 atom stereocenters. The Kier molecular flexibility index (Phi) is 1.72. The van der Waals surface area contributed by atoms with Crippen LogP contribution in [0.3, 0.4) is 0 Å². The van der Waals surface area contributed by atoms with E-state index in [1.165, 1.54) is 11.3 Å². The lowest BCUT2D eigenvalue weighted by atomic mass is 10.1. The number of carbonyl (C=O) groups is 1. The Labute approximate surface area is 89.7 Å². The normalized spacial score (nSPS) is 16.8. The first-order chi connectivity index (χ1) is 7.34. The molecule has 15 heavy (non-hydrogen) atoms. The Morgan fingerprint density at radius 1 is 1.47 bits per heavy atom. The summed E-state index contributed by atoms with van der Waals surface area (Å²) in [7, 11) is 0. The maximum absolute atomic E-state index is 11.6. The monoisotopic (exact) mass is 217 g/mol. The van der Waals surface area contributed by atoms with Gasteiger partial charge in [-0.15, -0.1) is 11.3 Å². The number of fused-ring (bicyclic) bond motifs is 1. The Morgan fingerprint density at radius 3 is 3.20 bits per heavy atom. The number of carbonyl (C=O) groups excluding carboxylic acids is 1. The molecule has 5 heteroatoms. The zero-order chi connectivity index (χ0) is 10.3. The molecule has 3 heterocycles. The van der Waals surface area contributed by atoms with Gasteiger partial charge < -0.3 is 10.3 Å². The number of hydrogen-bond donors (Lipinski definition) is 2. The molecule has 0 bridgehead atoms. The molecule has 0 saturated heterocycles. The summed E-state index contributed by atoms with van der Waals surface area (Å²) in [6.07, 6.45) is 5.15. The lowest BCUT2D eigenvalue weighted by Crippen LogP contribution is -2.03. The van der Waals surface area contributed by atoms with Crippen molar-refractivity contribution in [2.24, 2.45) is 0 Å². The third-order valence-corrected chi connectivity index (χ3v) is 3.06. The molecule has 0 aromatic carbocycles. The standard InChI is InChI=1S/C10H7N3OS/c14-9-7(5-8-11-2-3-12-8)6-1-4-15-10(6)13-9/h1-5H,(H,11,12)(H,13,14)/b7-5+. The molecule has 1 aliphatic rings. The van der Waals surface area contributed by atoms with Crippen LogP contribution in [0.1, 0.15) is 11.4 Å². The predicted molar refractivity (Wildman–Crippen MR) is 59.4 cm³/mol. The van der Waals surface area contributed by atoms with Gasteiger partial charge in [0.05, 0.1) is 5.57 Å². The van der Waals surface area contributed by atoms with E-state index in [9.17, 15) is 4.79 Å². The third kappa shape index (κ3) is 1.28. The van der Waals surface area contributed by atoms with Crippen LogP contribution in [0.4, 0.5) is 5.00 Å². The second kappa shape index (κ2) is 3.06. The fourth-order valence-electron chi connectivity index (χ4n) is 1.55. The zero-order valence-corrected chi connectivity index (χ0v) is 8.47. The van der Waals surface area contributed by atoms with Crippen molar-refractivity contribution in [1.82, 2.24) is 9.97 Å². The fraction of sp³-hybridized carbons (Fsp3) is 0. The van der Waals surface area contributed by atoms with E-state index in [4.69, 9.17) is 0 Å². The van der Waals surface area contributed by atoms with E-state index in [0.717, 1.165) is 10.6 Å². The van der Waals surface area contributed by atoms with Gasteiger partial charge in [-0.25, -0.2) is 4.98 Å². The van der Waals surface area contributed by atoms with Crippen molar-refractivity contribution in [2.75, 3.05) is 5.32 Å². The van der Waals surface area contributed by atoms with E-state index in [0.29, 0.717) is 11.4 Å². The first-order valence-electron chi connectivity index (χ1n) is 4.45. The number of aromatic nitrogens is 2. The second-order valence-corrected chi connectivity index (χ2v) is 4.07. The number of H-pyrrole nitrogens is 1. The first-order valence-corrected chi connectivity index (χ1v) is 5.33. The Balaban J connectivity index is 2.10. The maximum atomic E-state index is 11.6. The molecule has 0 unspecified atom stereocenters. The minimum Gasteiger partial charge on any atom is -0.345 e. The summed E-state index contributed by atoms with van der Waals surface area (Å²) in [6.45, 7) is 0. The lowest BCUT2D eigenvalue weighted by molar-refractivity contribution is -0.110. The van der Waals surface area contributed by atoms with Crippen molar-refractivity contribution in [2.45, 2.75) is 0 Å². The van der Waals surface area contributed by atoms with Crippen LogP contribution in [-0.2, 0) is 4.79 Å². The number of rotatable bonds is 1. The molecular formula is C10H7N3OS. The molecule has 74 valence electrons. The molecular weight excluding hydrogens is 210 g/mol. The van der Waals surface area contributed by atoms with E-state index in [1.54, 1.807) is 18.5 Å².